The number of aliphatic imine (C=N–C) groups is 1. The second kappa shape index (κ2) is 2.10. The molecule has 1 aliphatic rings. The minimum atomic E-state index is -0.444. The van der Waals surface area contributed by atoms with Crippen LogP contribution in [-0.2, 0) is 12.6 Å². The summed E-state index contributed by atoms with van der Waals surface area (Å²) in [6, 6.07) is 0. The van der Waals surface area contributed by atoms with Crippen LogP contribution in [0.25, 0.3) is 0 Å². The molecule has 1 rings (SSSR count). The first kappa shape index (κ1) is 7.30. The van der Waals surface area contributed by atoms with E-state index in [2.05, 4.69) is 22.7 Å². The minimum absolute atomic E-state index is 0.235. The number of amidine groups is 1. The summed E-state index contributed by atoms with van der Waals surface area (Å²) >= 11 is 4.44. The van der Waals surface area contributed by atoms with Gasteiger partial charge in [0.05, 0.1) is 0 Å². The smallest absolute Gasteiger partial charge is 0.231 e. The van der Waals surface area contributed by atoms with Crippen molar-refractivity contribution in [3.8, 4) is 0 Å². The number of amides is 1. The van der Waals surface area contributed by atoms with Gasteiger partial charge in [0.1, 0.15) is 7.05 Å². The van der Waals surface area contributed by atoms with Crippen LogP contribution in [0.1, 0.15) is 6.92 Å². The molecule has 4 nitrogen and oxygen atoms in total. The van der Waals surface area contributed by atoms with Gasteiger partial charge in [0.25, 0.3) is 0 Å². The third-order valence-corrected chi connectivity index (χ3v) is 1.56. The maximum absolute atomic E-state index is 10.7. The molecule has 54 valence electrons. The normalized spacial score (nSPS) is 30.4. The van der Waals surface area contributed by atoms with Gasteiger partial charge in [-0.1, -0.05) is 5.10 Å². The average molecular weight is 157 g/mol. The molecule has 0 aromatic heterocycles. The molecule has 10 heavy (non-hydrogen) atoms. The predicted octanol–water partition coefficient (Wildman–Crippen LogP) is 0.475. The number of rotatable bonds is 0. The molecule has 0 aliphatic carbocycles. The molecule has 0 bridgehead atoms. The second-order valence-electron chi connectivity index (χ2n) is 2.18. The van der Waals surface area contributed by atoms with Crippen LogP contribution in [0.15, 0.2) is 10.1 Å². The summed E-state index contributed by atoms with van der Waals surface area (Å²) < 4.78 is -0.235. The first-order valence-electron chi connectivity index (χ1n) is 2.74. The number of nitrogens with zero attached hydrogens (tertiary/aromatic N) is 3. The highest BCUT2D eigenvalue weighted by Crippen LogP contribution is 2.08. The highest BCUT2D eigenvalue weighted by atomic mass is 32.1. The molecule has 1 amide bonds. The van der Waals surface area contributed by atoms with E-state index >= 15 is 0 Å². The van der Waals surface area contributed by atoms with Crippen LogP contribution < -0.4 is 0 Å². The Morgan fingerprint density at radius 3 is 2.60 bits per heavy atom. The summed E-state index contributed by atoms with van der Waals surface area (Å²) in [6.45, 7) is 1.72. The van der Waals surface area contributed by atoms with E-state index in [1.165, 1.54) is 6.34 Å². The molecule has 0 aromatic carbocycles. The van der Waals surface area contributed by atoms with Gasteiger partial charge in [0.15, 0.2) is 5.84 Å². The van der Waals surface area contributed by atoms with Crippen LogP contribution in [0.5, 0.6) is 0 Å². The molecule has 5 heteroatoms. The van der Waals surface area contributed by atoms with Crippen LogP contribution in [0.4, 0.5) is 4.79 Å². The van der Waals surface area contributed by atoms with E-state index in [4.69, 9.17) is 0 Å². The van der Waals surface area contributed by atoms with E-state index in [1.807, 2.05) is 0 Å². The molecule has 0 fully saturated rings. The lowest BCUT2D eigenvalue weighted by Crippen LogP contribution is -2.38. The first-order chi connectivity index (χ1) is 4.54. The zero-order valence-corrected chi connectivity index (χ0v) is 6.55. The number of hydrogen-bond acceptors (Lipinski definition) is 4. The van der Waals surface area contributed by atoms with Crippen LogP contribution in [0.2, 0.25) is 0 Å². The number of carbonyl (C=O) groups is 1. The van der Waals surface area contributed by atoms with Gasteiger partial charge < -0.3 is 12.6 Å². The van der Waals surface area contributed by atoms with Crippen LogP contribution in [-0.4, -0.2) is 29.1 Å². The van der Waals surface area contributed by atoms with Crippen molar-refractivity contribution in [3.05, 3.63) is 0 Å². The third kappa shape index (κ3) is 1.05. The fraction of sp³-hybridized carbons (Fsp3) is 0.400. The van der Waals surface area contributed by atoms with Crippen molar-refractivity contribution in [3.63, 3.8) is 0 Å². The Labute approximate surface area is 64.2 Å². The van der Waals surface area contributed by atoms with Crippen molar-refractivity contribution in [2.24, 2.45) is 10.1 Å². The Hall–Kier alpha value is -0.810. The summed E-state index contributed by atoms with van der Waals surface area (Å²) in [5, 5.41) is 3.45. The van der Waals surface area contributed by atoms with Crippen molar-refractivity contribution < 1.29 is 9.39 Å². The molecule has 1 aliphatic heterocycles. The molecular formula is C5H7N3OS. The molecule has 0 radical (unpaired) electrons. The summed E-state index contributed by atoms with van der Waals surface area (Å²) in [7, 11) is 1.59. The largest absolute Gasteiger partial charge is 0.672 e. The number of quaternary nitrogens is 1. The van der Waals surface area contributed by atoms with Crippen molar-refractivity contribution in [2.45, 2.75) is 6.92 Å². The van der Waals surface area contributed by atoms with E-state index in [0.29, 0.717) is 5.84 Å². The van der Waals surface area contributed by atoms with E-state index < -0.39 is 5.24 Å². The first-order valence-corrected chi connectivity index (χ1v) is 3.15. The quantitative estimate of drug-likeness (QED) is 0.379. The summed E-state index contributed by atoms with van der Waals surface area (Å²) in [4.78, 5) is 14.5. The van der Waals surface area contributed by atoms with E-state index in [9.17, 15) is 4.79 Å². The Morgan fingerprint density at radius 1 is 1.80 bits per heavy atom. The molecule has 1 atom stereocenters. The van der Waals surface area contributed by atoms with E-state index in [1.54, 1.807) is 14.0 Å². The Kier molecular flexibility index (Phi) is 1.53. The fourth-order valence-corrected chi connectivity index (χ4v) is 0.724. The molecule has 0 spiro atoms. The van der Waals surface area contributed by atoms with Gasteiger partial charge in [-0.05, 0) is 0 Å². The molecule has 1 unspecified atom stereocenters. The number of hydrogen-bond donors (Lipinski definition) is 0. The maximum atomic E-state index is 10.7. The van der Waals surface area contributed by atoms with Crippen LogP contribution >= 0.6 is 0 Å². The third-order valence-electron chi connectivity index (χ3n) is 1.19. The average Bonchev–Trinajstić information content (AvgIpc) is 2.13. The van der Waals surface area contributed by atoms with Gasteiger partial charge in [0.2, 0.25) is 11.6 Å². The zero-order valence-electron chi connectivity index (χ0n) is 5.74. The van der Waals surface area contributed by atoms with Gasteiger partial charge >= 0.3 is 0 Å². The highest BCUT2D eigenvalue weighted by Gasteiger charge is 2.25. The monoisotopic (exact) mass is 157 g/mol. The van der Waals surface area contributed by atoms with Crippen molar-refractivity contribution >= 4 is 30.0 Å². The Morgan fingerprint density at radius 2 is 2.40 bits per heavy atom. The summed E-state index contributed by atoms with van der Waals surface area (Å²) in [6.07, 6.45) is 1.42. The van der Waals surface area contributed by atoms with Crippen LogP contribution in [0, 0.1) is 0 Å². The standard InChI is InChI=1S/C5H7N3OS/c1-4-6-3-8(2,7-4)5(9)10/h3H,1-2H3. The molecular weight excluding hydrogens is 150 g/mol. The van der Waals surface area contributed by atoms with Crippen molar-refractivity contribution in [1.29, 1.82) is 0 Å². The predicted molar refractivity (Wildman–Crippen MR) is 40.5 cm³/mol. The van der Waals surface area contributed by atoms with E-state index in [0.717, 1.165) is 0 Å². The molecule has 0 N–H and O–H groups in total. The second-order valence-corrected chi connectivity index (χ2v) is 2.53. The van der Waals surface area contributed by atoms with Crippen molar-refractivity contribution in [1.82, 2.24) is 0 Å². The van der Waals surface area contributed by atoms with Gasteiger partial charge in [-0.2, -0.15) is 4.99 Å². The van der Waals surface area contributed by atoms with Gasteiger partial charge in [0, 0.05) is 6.92 Å². The Bertz CT molecular complexity index is 235. The van der Waals surface area contributed by atoms with Gasteiger partial charge in [-0.25, -0.2) is 0 Å². The Balaban J connectivity index is 2.95. The molecule has 0 saturated carbocycles. The molecule has 0 saturated heterocycles. The maximum Gasteiger partial charge on any atom is 0.231 e. The fourth-order valence-electron chi connectivity index (χ4n) is 0.636. The lowest BCUT2D eigenvalue weighted by Gasteiger charge is -2.18. The van der Waals surface area contributed by atoms with Crippen molar-refractivity contribution in [2.75, 3.05) is 7.05 Å². The highest BCUT2D eigenvalue weighted by molar-refractivity contribution is 7.76. The summed E-state index contributed by atoms with van der Waals surface area (Å²) in [5.74, 6) is 0.584. The minimum Gasteiger partial charge on any atom is -0.672 e. The number of carbonyl (C=O) groups excluding carboxylic acids is 1. The SMILES string of the molecule is CC1=N[N+](C)(C(=O)[S-])C=N1. The lowest BCUT2D eigenvalue weighted by atomic mass is 10.7. The van der Waals surface area contributed by atoms with Gasteiger partial charge in [-0.3, -0.25) is 4.79 Å². The zero-order chi connectivity index (χ0) is 7.78. The molecule has 1 heterocycles. The topological polar surface area (TPSA) is 41.8 Å². The summed E-state index contributed by atoms with van der Waals surface area (Å²) in [5.41, 5.74) is 0. The van der Waals surface area contributed by atoms with Gasteiger partial charge in [-0.15, -0.1) is 4.59 Å². The molecule has 0 aromatic rings. The van der Waals surface area contributed by atoms with E-state index in [-0.39, 0.29) is 4.59 Å². The van der Waals surface area contributed by atoms with Crippen LogP contribution in [0.3, 0.4) is 0 Å². The lowest BCUT2D eigenvalue weighted by molar-refractivity contribution is -0.724.